The second-order valence-electron chi connectivity index (χ2n) is 3.57. The van der Waals surface area contributed by atoms with Crippen molar-refractivity contribution in [1.82, 2.24) is 5.32 Å². The standard InChI is InChI=1S/C11H14ClN3O2/c1-2-9(10(14)16)15-11(17)6-3-4-8(13)7(12)5-6/h3-5,9H,2,13H2,1H3,(H2,14,16)(H,15,17)/t9-/m0/s1. The average molecular weight is 256 g/mol. The number of carbonyl (C=O) groups is 2. The van der Waals surface area contributed by atoms with Crippen LogP contribution in [-0.4, -0.2) is 17.9 Å². The summed E-state index contributed by atoms with van der Waals surface area (Å²) in [7, 11) is 0. The molecule has 0 spiro atoms. The van der Waals surface area contributed by atoms with E-state index in [4.69, 9.17) is 23.1 Å². The van der Waals surface area contributed by atoms with Crippen LogP contribution in [0.15, 0.2) is 18.2 Å². The fourth-order valence-corrected chi connectivity index (χ4v) is 1.46. The first-order valence-corrected chi connectivity index (χ1v) is 5.48. The van der Waals surface area contributed by atoms with Crippen LogP contribution < -0.4 is 16.8 Å². The summed E-state index contributed by atoms with van der Waals surface area (Å²) in [5.74, 6) is -0.972. The highest BCUT2D eigenvalue weighted by Crippen LogP contribution is 2.19. The van der Waals surface area contributed by atoms with E-state index in [1.54, 1.807) is 6.92 Å². The van der Waals surface area contributed by atoms with Crippen molar-refractivity contribution in [2.24, 2.45) is 5.73 Å². The maximum atomic E-state index is 11.8. The summed E-state index contributed by atoms with van der Waals surface area (Å²) in [4.78, 5) is 22.7. The zero-order valence-electron chi connectivity index (χ0n) is 9.37. The molecule has 0 aromatic heterocycles. The number of carbonyl (C=O) groups excluding carboxylic acids is 2. The summed E-state index contributed by atoms with van der Waals surface area (Å²) >= 11 is 5.79. The molecule has 2 amide bonds. The Morgan fingerprint density at radius 1 is 1.47 bits per heavy atom. The van der Waals surface area contributed by atoms with E-state index in [1.807, 2.05) is 0 Å². The monoisotopic (exact) mass is 255 g/mol. The van der Waals surface area contributed by atoms with Gasteiger partial charge in [-0.05, 0) is 24.6 Å². The lowest BCUT2D eigenvalue weighted by molar-refractivity contribution is -0.119. The van der Waals surface area contributed by atoms with Crippen molar-refractivity contribution in [2.75, 3.05) is 5.73 Å². The van der Waals surface area contributed by atoms with Gasteiger partial charge in [-0.1, -0.05) is 18.5 Å². The van der Waals surface area contributed by atoms with Gasteiger partial charge in [0, 0.05) is 5.56 Å². The quantitative estimate of drug-likeness (QED) is 0.698. The van der Waals surface area contributed by atoms with Crippen LogP contribution in [0.2, 0.25) is 5.02 Å². The predicted octanol–water partition coefficient (Wildman–Crippen LogP) is 0.916. The average Bonchev–Trinajstić information content (AvgIpc) is 2.28. The number of primary amides is 1. The van der Waals surface area contributed by atoms with Gasteiger partial charge in [0.05, 0.1) is 10.7 Å². The lowest BCUT2D eigenvalue weighted by Crippen LogP contribution is -2.43. The van der Waals surface area contributed by atoms with Gasteiger partial charge in [-0.15, -0.1) is 0 Å². The number of anilines is 1. The highest BCUT2D eigenvalue weighted by molar-refractivity contribution is 6.33. The lowest BCUT2D eigenvalue weighted by atomic mass is 10.1. The maximum Gasteiger partial charge on any atom is 0.251 e. The third-order valence-electron chi connectivity index (χ3n) is 2.32. The van der Waals surface area contributed by atoms with E-state index in [2.05, 4.69) is 5.32 Å². The number of hydrogen-bond donors (Lipinski definition) is 3. The van der Waals surface area contributed by atoms with E-state index in [0.29, 0.717) is 22.7 Å². The lowest BCUT2D eigenvalue weighted by Gasteiger charge is -2.13. The smallest absolute Gasteiger partial charge is 0.251 e. The predicted molar refractivity (Wildman–Crippen MR) is 66.6 cm³/mol. The Kier molecular flexibility index (Phi) is 4.34. The summed E-state index contributed by atoms with van der Waals surface area (Å²) in [6.07, 6.45) is 0.434. The molecule has 1 aromatic rings. The van der Waals surface area contributed by atoms with E-state index in [0.717, 1.165) is 0 Å². The number of nitrogens with two attached hydrogens (primary N) is 2. The van der Waals surface area contributed by atoms with Crippen LogP contribution in [-0.2, 0) is 4.79 Å². The van der Waals surface area contributed by atoms with Crippen LogP contribution in [0.25, 0.3) is 0 Å². The molecule has 0 saturated heterocycles. The zero-order valence-corrected chi connectivity index (χ0v) is 10.1. The Labute approximate surface area is 104 Å². The summed E-state index contributed by atoms with van der Waals surface area (Å²) < 4.78 is 0. The van der Waals surface area contributed by atoms with Crippen LogP contribution >= 0.6 is 11.6 Å². The fraction of sp³-hybridized carbons (Fsp3) is 0.273. The molecule has 6 heteroatoms. The summed E-state index contributed by atoms with van der Waals surface area (Å²) in [6, 6.07) is 3.82. The number of halogens is 1. The van der Waals surface area contributed by atoms with Crippen LogP contribution in [0.1, 0.15) is 23.7 Å². The Bertz CT molecular complexity index is 448. The van der Waals surface area contributed by atoms with Gasteiger partial charge in [0.25, 0.3) is 5.91 Å². The highest BCUT2D eigenvalue weighted by Gasteiger charge is 2.17. The minimum absolute atomic E-state index is 0.296. The first kappa shape index (κ1) is 13.3. The number of amides is 2. The van der Waals surface area contributed by atoms with E-state index in [9.17, 15) is 9.59 Å². The molecule has 0 saturated carbocycles. The minimum atomic E-state index is -0.682. The molecule has 0 aliphatic heterocycles. The first-order valence-electron chi connectivity index (χ1n) is 5.11. The minimum Gasteiger partial charge on any atom is -0.398 e. The number of rotatable bonds is 4. The first-order chi connectivity index (χ1) is 7.95. The van der Waals surface area contributed by atoms with Gasteiger partial charge in [0.1, 0.15) is 6.04 Å². The second kappa shape index (κ2) is 5.54. The molecule has 1 aromatic carbocycles. The van der Waals surface area contributed by atoms with Crippen LogP contribution in [0.4, 0.5) is 5.69 Å². The van der Waals surface area contributed by atoms with Gasteiger partial charge in [0.15, 0.2) is 0 Å². The van der Waals surface area contributed by atoms with Crippen molar-refractivity contribution in [3.05, 3.63) is 28.8 Å². The third kappa shape index (κ3) is 3.35. The van der Waals surface area contributed by atoms with Gasteiger partial charge in [0.2, 0.25) is 5.91 Å². The Hall–Kier alpha value is -1.75. The molecule has 92 valence electrons. The van der Waals surface area contributed by atoms with Gasteiger partial charge in [-0.2, -0.15) is 0 Å². The second-order valence-corrected chi connectivity index (χ2v) is 3.98. The van der Waals surface area contributed by atoms with Crippen molar-refractivity contribution in [2.45, 2.75) is 19.4 Å². The third-order valence-corrected chi connectivity index (χ3v) is 2.65. The molecule has 0 aliphatic rings. The Morgan fingerprint density at radius 2 is 2.12 bits per heavy atom. The number of benzene rings is 1. The van der Waals surface area contributed by atoms with E-state index < -0.39 is 17.9 Å². The topological polar surface area (TPSA) is 98.2 Å². The molecule has 0 bridgehead atoms. The number of nitrogen functional groups attached to an aromatic ring is 1. The Balaban J connectivity index is 2.82. The van der Waals surface area contributed by atoms with Crippen LogP contribution in [0, 0.1) is 0 Å². The molecular weight excluding hydrogens is 242 g/mol. The SMILES string of the molecule is CC[C@H](NC(=O)c1ccc(N)c(Cl)c1)C(N)=O. The molecule has 5 nitrogen and oxygen atoms in total. The van der Waals surface area contributed by atoms with Crippen molar-refractivity contribution in [3.8, 4) is 0 Å². The molecule has 1 atom stereocenters. The maximum absolute atomic E-state index is 11.8. The van der Waals surface area contributed by atoms with Gasteiger partial charge >= 0.3 is 0 Å². The largest absolute Gasteiger partial charge is 0.398 e. The van der Waals surface area contributed by atoms with Gasteiger partial charge < -0.3 is 16.8 Å². The van der Waals surface area contributed by atoms with Crippen LogP contribution in [0.5, 0.6) is 0 Å². The molecule has 17 heavy (non-hydrogen) atoms. The Morgan fingerprint density at radius 3 is 2.59 bits per heavy atom. The van der Waals surface area contributed by atoms with Gasteiger partial charge in [-0.3, -0.25) is 9.59 Å². The summed E-state index contributed by atoms with van der Waals surface area (Å²) in [6.45, 7) is 1.76. The van der Waals surface area contributed by atoms with Gasteiger partial charge in [-0.25, -0.2) is 0 Å². The van der Waals surface area contributed by atoms with Crippen molar-refractivity contribution < 1.29 is 9.59 Å². The molecule has 0 heterocycles. The zero-order chi connectivity index (χ0) is 13.0. The van der Waals surface area contributed by atoms with E-state index >= 15 is 0 Å². The number of hydrogen-bond acceptors (Lipinski definition) is 3. The van der Waals surface area contributed by atoms with E-state index in [-0.39, 0.29) is 0 Å². The molecule has 0 aliphatic carbocycles. The molecule has 0 radical (unpaired) electrons. The summed E-state index contributed by atoms with van der Waals surface area (Å²) in [5, 5.41) is 2.81. The van der Waals surface area contributed by atoms with Crippen molar-refractivity contribution >= 4 is 29.1 Å². The highest BCUT2D eigenvalue weighted by atomic mass is 35.5. The van der Waals surface area contributed by atoms with Crippen molar-refractivity contribution in [1.29, 1.82) is 0 Å². The van der Waals surface area contributed by atoms with Crippen LogP contribution in [0.3, 0.4) is 0 Å². The molecule has 1 rings (SSSR count). The normalized spacial score (nSPS) is 11.9. The molecule has 0 unspecified atom stereocenters. The number of nitrogens with one attached hydrogen (secondary N) is 1. The fourth-order valence-electron chi connectivity index (χ4n) is 1.28. The molecule has 5 N–H and O–H groups in total. The van der Waals surface area contributed by atoms with E-state index in [1.165, 1.54) is 18.2 Å². The van der Waals surface area contributed by atoms with Crippen molar-refractivity contribution in [3.63, 3.8) is 0 Å². The summed E-state index contributed by atoms with van der Waals surface area (Å²) in [5.41, 5.74) is 11.4. The molecule has 0 fully saturated rings. The molecular formula is C11H14ClN3O2.